The first kappa shape index (κ1) is 18.9. The van der Waals surface area contributed by atoms with E-state index in [1.807, 2.05) is 6.92 Å². The van der Waals surface area contributed by atoms with E-state index in [0.717, 1.165) is 36.1 Å². The Bertz CT molecular complexity index is 847. The first-order valence-electron chi connectivity index (χ1n) is 9.06. The van der Waals surface area contributed by atoms with Crippen LogP contribution >= 0.6 is 11.3 Å². The van der Waals surface area contributed by atoms with Gasteiger partial charge in [0.2, 0.25) is 5.91 Å². The summed E-state index contributed by atoms with van der Waals surface area (Å²) in [7, 11) is 0. The van der Waals surface area contributed by atoms with Crippen LogP contribution in [0.2, 0.25) is 0 Å². The number of amides is 1. The average molecular weight is 383 g/mol. The number of aromatic nitrogens is 2. The van der Waals surface area contributed by atoms with Crippen molar-refractivity contribution in [3.8, 4) is 0 Å². The standard InChI is InChI=1S/C18H23F2N3O2S/c1-2-8-22(10-14(19)20)15(24)7-9-23-11-21-17-16(18(23)25)12-5-3-4-6-13(12)26-17/h11,14H,2-10H2,1H3. The van der Waals surface area contributed by atoms with E-state index in [2.05, 4.69) is 4.98 Å². The lowest BCUT2D eigenvalue weighted by Gasteiger charge is -2.21. The van der Waals surface area contributed by atoms with E-state index in [9.17, 15) is 18.4 Å². The third-order valence-electron chi connectivity index (χ3n) is 4.71. The van der Waals surface area contributed by atoms with Gasteiger partial charge in [-0.15, -0.1) is 11.3 Å². The fraction of sp³-hybridized carbons (Fsp3) is 0.611. The Balaban J connectivity index is 1.77. The molecule has 0 aliphatic heterocycles. The van der Waals surface area contributed by atoms with Crippen molar-refractivity contribution >= 4 is 27.5 Å². The maximum atomic E-state index is 12.8. The Morgan fingerprint density at radius 1 is 1.38 bits per heavy atom. The third kappa shape index (κ3) is 3.95. The number of carbonyl (C=O) groups excluding carboxylic acids is 1. The van der Waals surface area contributed by atoms with Gasteiger partial charge in [-0.2, -0.15) is 0 Å². The number of halogens is 2. The highest BCUT2D eigenvalue weighted by Gasteiger charge is 2.21. The summed E-state index contributed by atoms with van der Waals surface area (Å²) in [6.07, 6.45) is 3.66. The fourth-order valence-electron chi connectivity index (χ4n) is 3.47. The number of rotatable bonds is 7. The van der Waals surface area contributed by atoms with E-state index in [1.54, 1.807) is 11.3 Å². The number of hydrogen-bond donors (Lipinski definition) is 0. The number of thiophene rings is 1. The van der Waals surface area contributed by atoms with Crippen LogP contribution in [0.3, 0.4) is 0 Å². The number of fused-ring (bicyclic) bond motifs is 3. The summed E-state index contributed by atoms with van der Waals surface area (Å²) in [4.78, 5) is 32.7. The van der Waals surface area contributed by atoms with E-state index < -0.39 is 13.0 Å². The van der Waals surface area contributed by atoms with E-state index in [1.165, 1.54) is 20.7 Å². The van der Waals surface area contributed by atoms with Crippen molar-refractivity contribution in [2.75, 3.05) is 13.1 Å². The Morgan fingerprint density at radius 3 is 2.88 bits per heavy atom. The van der Waals surface area contributed by atoms with Crippen molar-refractivity contribution in [3.05, 3.63) is 27.1 Å². The lowest BCUT2D eigenvalue weighted by Crippen LogP contribution is -2.36. The van der Waals surface area contributed by atoms with Gasteiger partial charge in [0.15, 0.2) is 0 Å². The Labute approximate surface area is 154 Å². The molecule has 0 fully saturated rings. The van der Waals surface area contributed by atoms with Crippen LogP contribution in [-0.2, 0) is 24.2 Å². The molecule has 26 heavy (non-hydrogen) atoms. The van der Waals surface area contributed by atoms with Crippen LogP contribution in [0.5, 0.6) is 0 Å². The van der Waals surface area contributed by atoms with E-state index in [4.69, 9.17) is 0 Å². The van der Waals surface area contributed by atoms with Gasteiger partial charge in [0.25, 0.3) is 12.0 Å². The highest BCUT2D eigenvalue weighted by molar-refractivity contribution is 7.18. The maximum Gasteiger partial charge on any atom is 0.262 e. The summed E-state index contributed by atoms with van der Waals surface area (Å²) >= 11 is 1.58. The van der Waals surface area contributed by atoms with Crippen LogP contribution in [0.1, 0.15) is 43.0 Å². The number of aryl methyl sites for hydroxylation is 3. The lowest BCUT2D eigenvalue weighted by molar-refractivity contribution is -0.133. The predicted octanol–water partition coefficient (Wildman–Crippen LogP) is 3.23. The summed E-state index contributed by atoms with van der Waals surface area (Å²) in [5, 5.41) is 0.678. The molecule has 2 heterocycles. The van der Waals surface area contributed by atoms with Crippen molar-refractivity contribution in [1.82, 2.24) is 14.5 Å². The molecular weight excluding hydrogens is 360 g/mol. The van der Waals surface area contributed by atoms with E-state index in [0.29, 0.717) is 18.4 Å². The molecular formula is C18H23F2N3O2S. The number of nitrogens with zero attached hydrogens (tertiary/aromatic N) is 3. The van der Waals surface area contributed by atoms with Crippen LogP contribution in [0.4, 0.5) is 8.78 Å². The number of alkyl halides is 2. The van der Waals surface area contributed by atoms with Crippen molar-refractivity contribution in [3.63, 3.8) is 0 Å². The minimum atomic E-state index is -2.55. The van der Waals surface area contributed by atoms with Gasteiger partial charge < -0.3 is 4.90 Å². The van der Waals surface area contributed by atoms with Crippen LogP contribution in [0, 0.1) is 0 Å². The lowest BCUT2D eigenvalue weighted by atomic mass is 9.97. The second-order valence-corrected chi connectivity index (χ2v) is 7.70. The molecule has 2 aromatic heterocycles. The Morgan fingerprint density at radius 2 is 2.15 bits per heavy atom. The van der Waals surface area contributed by atoms with Crippen molar-refractivity contribution in [2.45, 2.75) is 58.4 Å². The normalized spacial score (nSPS) is 14.0. The maximum absolute atomic E-state index is 12.8. The highest BCUT2D eigenvalue weighted by Crippen LogP contribution is 2.33. The number of hydrogen-bond acceptors (Lipinski definition) is 4. The summed E-state index contributed by atoms with van der Waals surface area (Å²) in [6.45, 7) is 1.74. The van der Waals surface area contributed by atoms with Crippen molar-refractivity contribution < 1.29 is 13.6 Å². The van der Waals surface area contributed by atoms with Gasteiger partial charge in [-0.05, 0) is 37.7 Å². The molecule has 3 rings (SSSR count). The zero-order valence-corrected chi connectivity index (χ0v) is 15.7. The van der Waals surface area contributed by atoms with Gasteiger partial charge in [-0.25, -0.2) is 13.8 Å². The zero-order chi connectivity index (χ0) is 18.7. The molecule has 0 radical (unpaired) electrons. The molecule has 0 saturated heterocycles. The second kappa shape index (κ2) is 8.24. The summed E-state index contributed by atoms with van der Waals surface area (Å²) in [5.74, 6) is -0.355. The molecule has 0 bridgehead atoms. The largest absolute Gasteiger partial charge is 0.337 e. The SMILES string of the molecule is CCCN(CC(F)F)C(=O)CCn1cnc2sc3c(c2c1=O)CCCC3. The average Bonchev–Trinajstić information content (AvgIpc) is 2.99. The highest BCUT2D eigenvalue weighted by atomic mass is 32.1. The molecule has 0 spiro atoms. The van der Waals surface area contributed by atoms with Crippen LogP contribution in [0.25, 0.3) is 10.2 Å². The molecule has 0 aromatic carbocycles. The summed E-state index contributed by atoms with van der Waals surface area (Å²) < 4.78 is 26.7. The fourth-order valence-corrected chi connectivity index (χ4v) is 4.69. The molecule has 142 valence electrons. The molecule has 2 aromatic rings. The van der Waals surface area contributed by atoms with Crippen LogP contribution in [-0.4, -0.2) is 39.9 Å². The second-order valence-electron chi connectivity index (χ2n) is 6.62. The van der Waals surface area contributed by atoms with Crippen molar-refractivity contribution in [1.29, 1.82) is 0 Å². The van der Waals surface area contributed by atoms with E-state index >= 15 is 0 Å². The smallest absolute Gasteiger partial charge is 0.262 e. The minimum absolute atomic E-state index is 0.0200. The topological polar surface area (TPSA) is 55.2 Å². The summed E-state index contributed by atoms with van der Waals surface area (Å²) in [5.41, 5.74) is 0.984. The van der Waals surface area contributed by atoms with Gasteiger partial charge in [0.05, 0.1) is 18.3 Å². The van der Waals surface area contributed by atoms with Gasteiger partial charge >= 0.3 is 0 Å². The number of carbonyl (C=O) groups is 1. The third-order valence-corrected chi connectivity index (χ3v) is 5.91. The monoisotopic (exact) mass is 383 g/mol. The molecule has 0 N–H and O–H groups in total. The molecule has 0 unspecified atom stereocenters. The predicted molar refractivity (Wildman–Crippen MR) is 98.0 cm³/mol. The Hall–Kier alpha value is -1.83. The van der Waals surface area contributed by atoms with Gasteiger partial charge in [0.1, 0.15) is 4.83 Å². The Kier molecular flexibility index (Phi) is 6.01. The van der Waals surface area contributed by atoms with Crippen LogP contribution in [0.15, 0.2) is 11.1 Å². The van der Waals surface area contributed by atoms with Gasteiger partial charge in [-0.1, -0.05) is 6.92 Å². The van der Waals surface area contributed by atoms with Gasteiger partial charge in [0, 0.05) is 24.4 Å². The van der Waals surface area contributed by atoms with Gasteiger partial charge in [-0.3, -0.25) is 14.2 Å². The molecule has 5 nitrogen and oxygen atoms in total. The minimum Gasteiger partial charge on any atom is -0.337 e. The molecule has 0 atom stereocenters. The van der Waals surface area contributed by atoms with Crippen LogP contribution < -0.4 is 5.56 Å². The first-order chi connectivity index (χ1) is 12.5. The summed E-state index contributed by atoms with van der Waals surface area (Å²) in [6, 6.07) is 0. The molecule has 1 aliphatic carbocycles. The van der Waals surface area contributed by atoms with Crippen molar-refractivity contribution in [2.24, 2.45) is 0 Å². The first-order valence-corrected chi connectivity index (χ1v) is 9.88. The molecule has 1 amide bonds. The molecule has 8 heteroatoms. The zero-order valence-electron chi connectivity index (χ0n) is 14.8. The molecule has 1 aliphatic rings. The van der Waals surface area contributed by atoms with E-state index in [-0.39, 0.29) is 24.4 Å². The quantitative estimate of drug-likeness (QED) is 0.738. The molecule has 0 saturated carbocycles.